The van der Waals surface area contributed by atoms with E-state index >= 15 is 0 Å². The Bertz CT molecular complexity index is 645. The normalized spacial score (nSPS) is 14.5. The molecule has 0 unspecified atom stereocenters. The summed E-state index contributed by atoms with van der Waals surface area (Å²) in [6.07, 6.45) is 1.92. The summed E-state index contributed by atoms with van der Waals surface area (Å²) < 4.78 is 41.6. The number of hydrogen-bond acceptors (Lipinski definition) is 3. The molecule has 1 aliphatic carbocycles. The molecule has 0 bridgehead atoms. The van der Waals surface area contributed by atoms with Gasteiger partial charge in [0.2, 0.25) is 0 Å². The Hall–Kier alpha value is -1.62. The second-order valence-electron chi connectivity index (χ2n) is 4.47. The van der Waals surface area contributed by atoms with Gasteiger partial charge in [0.1, 0.15) is 5.82 Å². The van der Waals surface area contributed by atoms with E-state index in [4.69, 9.17) is 5.11 Å². The van der Waals surface area contributed by atoms with Crippen molar-refractivity contribution < 1.29 is 17.9 Å². The summed E-state index contributed by atoms with van der Waals surface area (Å²) in [5.74, 6) is 4.65. The Morgan fingerprint density at radius 3 is 2.75 bits per heavy atom. The SMILES string of the molecule is O=S(=O)(Nc1ccc(C#CCCO)cc1F)NC1CC1. The highest BCUT2D eigenvalue weighted by atomic mass is 32.2. The fourth-order valence-electron chi connectivity index (χ4n) is 1.49. The van der Waals surface area contributed by atoms with Crippen molar-refractivity contribution in [3.63, 3.8) is 0 Å². The second kappa shape index (κ2) is 6.22. The average Bonchev–Trinajstić information content (AvgIpc) is 3.16. The molecule has 0 atom stereocenters. The first-order valence-electron chi connectivity index (χ1n) is 6.19. The Morgan fingerprint density at radius 2 is 2.15 bits per heavy atom. The van der Waals surface area contributed by atoms with Gasteiger partial charge in [0, 0.05) is 18.0 Å². The van der Waals surface area contributed by atoms with E-state index in [1.54, 1.807) is 0 Å². The van der Waals surface area contributed by atoms with Gasteiger partial charge in [0.25, 0.3) is 10.2 Å². The summed E-state index contributed by atoms with van der Waals surface area (Å²) in [5.41, 5.74) is 0.305. The maximum Gasteiger partial charge on any atom is 0.299 e. The van der Waals surface area contributed by atoms with Gasteiger partial charge in [0.15, 0.2) is 0 Å². The second-order valence-corrected chi connectivity index (χ2v) is 5.91. The number of hydrogen-bond donors (Lipinski definition) is 3. The molecular weight excluding hydrogens is 283 g/mol. The first kappa shape index (κ1) is 14.8. The molecule has 108 valence electrons. The van der Waals surface area contributed by atoms with Gasteiger partial charge in [-0.15, -0.1) is 0 Å². The van der Waals surface area contributed by atoms with Crippen LogP contribution in [0.15, 0.2) is 18.2 Å². The van der Waals surface area contributed by atoms with E-state index in [1.807, 2.05) is 0 Å². The number of benzene rings is 1. The molecule has 1 saturated carbocycles. The first-order valence-corrected chi connectivity index (χ1v) is 7.68. The van der Waals surface area contributed by atoms with Crippen molar-refractivity contribution in [1.29, 1.82) is 0 Å². The predicted octanol–water partition coefficient (Wildman–Crippen LogP) is 0.968. The van der Waals surface area contributed by atoms with Gasteiger partial charge in [-0.3, -0.25) is 4.72 Å². The van der Waals surface area contributed by atoms with Crippen molar-refractivity contribution in [3.8, 4) is 11.8 Å². The van der Waals surface area contributed by atoms with Crippen molar-refractivity contribution >= 4 is 15.9 Å². The van der Waals surface area contributed by atoms with Crippen LogP contribution in [0.25, 0.3) is 0 Å². The molecule has 0 spiro atoms. The third-order valence-electron chi connectivity index (χ3n) is 2.58. The monoisotopic (exact) mass is 298 g/mol. The topological polar surface area (TPSA) is 78.4 Å². The van der Waals surface area contributed by atoms with Gasteiger partial charge < -0.3 is 5.11 Å². The highest BCUT2D eigenvalue weighted by molar-refractivity contribution is 7.90. The Morgan fingerprint density at radius 1 is 1.40 bits per heavy atom. The lowest BCUT2D eigenvalue weighted by Gasteiger charge is -2.09. The summed E-state index contributed by atoms with van der Waals surface area (Å²) >= 11 is 0. The van der Waals surface area contributed by atoms with Gasteiger partial charge in [-0.2, -0.15) is 13.1 Å². The minimum Gasteiger partial charge on any atom is -0.395 e. The molecule has 1 fully saturated rings. The molecule has 1 aliphatic rings. The summed E-state index contributed by atoms with van der Waals surface area (Å²) in [6.45, 7) is -0.0554. The minimum absolute atomic E-state index is 0.0424. The number of halogens is 1. The molecule has 3 N–H and O–H groups in total. The van der Waals surface area contributed by atoms with Crippen LogP contribution < -0.4 is 9.44 Å². The zero-order valence-corrected chi connectivity index (χ0v) is 11.5. The van der Waals surface area contributed by atoms with E-state index < -0.39 is 16.0 Å². The molecule has 0 heterocycles. The highest BCUT2D eigenvalue weighted by Gasteiger charge is 2.27. The number of anilines is 1. The molecule has 20 heavy (non-hydrogen) atoms. The zero-order valence-electron chi connectivity index (χ0n) is 10.7. The van der Waals surface area contributed by atoms with Crippen LogP contribution in [0.3, 0.4) is 0 Å². The quantitative estimate of drug-likeness (QED) is 0.709. The smallest absolute Gasteiger partial charge is 0.299 e. The van der Waals surface area contributed by atoms with Crippen LogP contribution >= 0.6 is 0 Å². The molecule has 0 amide bonds. The summed E-state index contributed by atoms with van der Waals surface area (Å²) in [4.78, 5) is 0. The lowest BCUT2D eigenvalue weighted by molar-refractivity contribution is 0.305. The summed E-state index contributed by atoms with van der Waals surface area (Å²) in [5, 5.41) is 8.59. The number of nitrogens with one attached hydrogen (secondary N) is 2. The molecule has 1 aromatic rings. The largest absolute Gasteiger partial charge is 0.395 e. The molecule has 0 aromatic heterocycles. The zero-order chi connectivity index (χ0) is 14.6. The third kappa shape index (κ3) is 4.49. The third-order valence-corrected chi connectivity index (χ3v) is 3.71. The van der Waals surface area contributed by atoms with Crippen molar-refractivity contribution in [1.82, 2.24) is 4.72 Å². The van der Waals surface area contributed by atoms with E-state index in [-0.39, 0.29) is 18.3 Å². The first-order chi connectivity index (χ1) is 9.50. The Balaban J connectivity index is 2.07. The van der Waals surface area contributed by atoms with Gasteiger partial charge in [-0.25, -0.2) is 4.39 Å². The van der Waals surface area contributed by atoms with Gasteiger partial charge in [-0.05, 0) is 31.0 Å². The van der Waals surface area contributed by atoms with Crippen molar-refractivity contribution in [3.05, 3.63) is 29.6 Å². The van der Waals surface area contributed by atoms with Gasteiger partial charge >= 0.3 is 0 Å². The molecule has 0 aliphatic heterocycles. The lowest BCUT2D eigenvalue weighted by Crippen LogP contribution is -2.32. The average molecular weight is 298 g/mol. The summed E-state index contributed by atoms with van der Waals surface area (Å²) in [7, 11) is -3.74. The van der Waals surface area contributed by atoms with Crippen LogP contribution in [0, 0.1) is 17.7 Å². The number of aliphatic hydroxyl groups is 1. The van der Waals surface area contributed by atoms with Crippen LogP contribution in [0.1, 0.15) is 24.8 Å². The van der Waals surface area contributed by atoms with Crippen molar-refractivity contribution in [2.45, 2.75) is 25.3 Å². The van der Waals surface area contributed by atoms with Crippen molar-refractivity contribution in [2.75, 3.05) is 11.3 Å². The number of rotatable bonds is 5. The Labute approximate surface area is 117 Å². The molecule has 2 rings (SSSR count). The minimum atomic E-state index is -3.74. The van der Waals surface area contributed by atoms with Crippen LogP contribution in [-0.2, 0) is 10.2 Å². The predicted molar refractivity (Wildman–Crippen MR) is 73.7 cm³/mol. The molecule has 0 saturated heterocycles. The van der Waals surface area contributed by atoms with Crippen LogP contribution in [0.5, 0.6) is 0 Å². The van der Waals surface area contributed by atoms with Crippen LogP contribution in [-0.4, -0.2) is 26.2 Å². The van der Waals surface area contributed by atoms with Crippen LogP contribution in [0.2, 0.25) is 0 Å². The number of aliphatic hydroxyl groups excluding tert-OH is 1. The van der Waals surface area contributed by atoms with Crippen molar-refractivity contribution in [2.24, 2.45) is 0 Å². The molecule has 5 nitrogen and oxygen atoms in total. The van der Waals surface area contributed by atoms with Gasteiger partial charge in [0.05, 0.1) is 12.3 Å². The maximum absolute atomic E-state index is 13.8. The highest BCUT2D eigenvalue weighted by Crippen LogP contribution is 2.21. The van der Waals surface area contributed by atoms with E-state index in [0.717, 1.165) is 18.9 Å². The fraction of sp³-hybridized carbons (Fsp3) is 0.385. The molecule has 1 aromatic carbocycles. The maximum atomic E-state index is 13.8. The van der Waals surface area contributed by atoms with Crippen LogP contribution in [0.4, 0.5) is 10.1 Å². The Kier molecular flexibility index (Phi) is 4.60. The van der Waals surface area contributed by atoms with E-state index in [0.29, 0.717) is 12.0 Å². The molecular formula is C13H15FN2O3S. The molecule has 7 heteroatoms. The molecule has 0 radical (unpaired) electrons. The fourth-order valence-corrected chi connectivity index (χ4v) is 2.68. The standard InChI is InChI=1S/C13H15FN2O3S/c14-12-9-10(3-1-2-8-17)4-7-13(12)16-20(18,19)15-11-5-6-11/h4,7,9,11,15-17H,2,5-6,8H2. The van der Waals surface area contributed by atoms with Gasteiger partial charge in [-0.1, -0.05) is 11.8 Å². The van der Waals surface area contributed by atoms with E-state index in [2.05, 4.69) is 21.3 Å². The summed E-state index contributed by atoms with van der Waals surface area (Å²) in [6, 6.07) is 3.95. The van der Waals surface area contributed by atoms with E-state index in [1.165, 1.54) is 12.1 Å². The lowest BCUT2D eigenvalue weighted by atomic mass is 10.2. The van der Waals surface area contributed by atoms with E-state index in [9.17, 15) is 12.8 Å².